The molecule has 2 N–H and O–H groups in total. The van der Waals surface area contributed by atoms with Gasteiger partial charge in [0.05, 0.1) is 6.54 Å². The maximum atomic E-state index is 5.82. The number of ether oxygens (including phenoxy) is 3. The lowest BCUT2D eigenvalue weighted by molar-refractivity contribution is 0.134. The molecule has 0 aliphatic carbocycles. The molecular formula is C24H33IN4O3. The van der Waals surface area contributed by atoms with Crippen molar-refractivity contribution in [1.82, 2.24) is 15.5 Å². The van der Waals surface area contributed by atoms with E-state index in [0.29, 0.717) is 25.2 Å². The van der Waals surface area contributed by atoms with Crippen molar-refractivity contribution < 1.29 is 14.2 Å². The van der Waals surface area contributed by atoms with E-state index in [0.717, 1.165) is 49.1 Å². The van der Waals surface area contributed by atoms with Crippen LogP contribution in [-0.2, 0) is 6.54 Å². The molecule has 0 radical (unpaired) electrons. The molecule has 8 heteroatoms. The molecule has 0 amide bonds. The Balaban J connectivity index is 0.00000289. The third-order valence-corrected chi connectivity index (χ3v) is 5.81. The van der Waals surface area contributed by atoms with Gasteiger partial charge in [-0.05, 0) is 37.5 Å². The molecule has 2 aromatic carbocycles. The van der Waals surface area contributed by atoms with E-state index in [4.69, 9.17) is 14.2 Å². The van der Waals surface area contributed by atoms with Crippen molar-refractivity contribution in [3.8, 4) is 17.2 Å². The van der Waals surface area contributed by atoms with Gasteiger partial charge in [0, 0.05) is 38.3 Å². The zero-order valence-electron chi connectivity index (χ0n) is 18.8. The molecule has 2 aliphatic heterocycles. The van der Waals surface area contributed by atoms with Gasteiger partial charge in [-0.1, -0.05) is 30.3 Å². The first kappa shape index (κ1) is 24.4. The quantitative estimate of drug-likeness (QED) is 0.237. The fourth-order valence-corrected chi connectivity index (χ4v) is 4.10. The number of aliphatic imine (C=N–C) groups is 1. The van der Waals surface area contributed by atoms with Crippen LogP contribution in [0.15, 0.2) is 53.5 Å². The van der Waals surface area contributed by atoms with Crippen LogP contribution in [0, 0.1) is 0 Å². The van der Waals surface area contributed by atoms with Crippen LogP contribution >= 0.6 is 24.0 Å². The summed E-state index contributed by atoms with van der Waals surface area (Å²) in [7, 11) is 1.81. The molecule has 0 aromatic heterocycles. The second-order valence-electron chi connectivity index (χ2n) is 8.03. The SMILES string of the molecule is CN=C(NCCOc1ccc2c(c1)OCO2)NC1CCN(Cc2ccccc2)C(C)C1.I. The van der Waals surface area contributed by atoms with Crippen molar-refractivity contribution in [3.63, 3.8) is 0 Å². The molecule has 2 atom stereocenters. The number of nitrogens with zero attached hydrogens (tertiary/aromatic N) is 2. The first-order valence-electron chi connectivity index (χ1n) is 11.0. The summed E-state index contributed by atoms with van der Waals surface area (Å²) in [6, 6.07) is 17.3. The first-order valence-corrected chi connectivity index (χ1v) is 11.0. The van der Waals surface area contributed by atoms with Crippen LogP contribution in [-0.4, -0.2) is 56.5 Å². The zero-order valence-corrected chi connectivity index (χ0v) is 21.1. The maximum absolute atomic E-state index is 5.82. The first-order chi connectivity index (χ1) is 15.2. The van der Waals surface area contributed by atoms with Crippen molar-refractivity contribution in [1.29, 1.82) is 0 Å². The van der Waals surface area contributed by atoms with Crippen molar-refractivity contribution in [2.45, 2.75) is 38.4 Å². The molecule has 1 saturated heterocycles. The molecule has 0 bridgehead atoms. The van der Waals surface area contributed by atoms with E-state index in [2.05, 4.69) is 57.8 Å². The van der Waals surface area contributed by atoms with E-state index in [9.17, 15) is 0 Å². The minimum absolute atomic E-state index is 0. The van der Waals surface area contributed by atoms with Crippen LogP contribution in [0.1, 0.15) is 25.3 Å². The Morgan fingerprint density at radius 3 is 2.75 bits per heavy atom. The van der Waals surface area contributed by atoms with E-state index in [1.54, 1.807) is 0 Å². The average molecular weight is 552 g/mol. The fraction of sp³-hybridized carbons (Fsp3) is 0.458. The summed E-state index contributed by atoms with van der Waals surface area (Å²) in [5, 5.41) is 6.92. The molecule has 1 fully saturated rings. The summed E-state index contributed by atoms with van der Waals surface area (Å²) >= 11 is 0. The van der Waals surface area contributed by atoms with Crippen LogP contribution in [0.25, 0.3) is 0 Å². The number of likely N-dealkylation sites (tertiary alicyclic amines) is 1. The predicted molar refractivity (Wildman–Crippen MR) is 137 cm³/mol. The lowest BCUT2D eigenvalue weighted by Crippen LogP contribution is -2.51. The lowest BCUT2D eigenvalue weighted by Gasteiger charge is -2.38. The Kier molecular flexibility index (Phi) is 9.28. The Labute approximate surface area is 207 Å². The van der Waals surface area contributed by atoms with Crippen LogP contribution in [0.4, 0.5) is 0 Å². The van der Waals surface area contributed by atoms with Gasteiger partial charge in [0.2, 0.25) is 6.79 Å². The number of halogens is 1. The number of fused-ring (bicyclic) bond motifs is 1. The van der Waals surface area contributed by atoms with Crippen molar-refractivity contribution in [2.75, 3.05) is 33.5 Å². The van der Waals surface area contributed by atoms with Gasteiger partial charge in [-0.2, -0.15) is 0 Å². The number of guanidine groups is 1. The number of hydrogen-bond acceptors (Lipinski definition) is 5. The second kappa shape index (κ2) is 12.2. The van der Waals surface area contributed by atoms with E-state index in [1.165, 1.54) is 5.56 Å². The van der Waals surface area contributed by atoms with Crippen molar-refractivity contribution in [2.24, 2.45) is 4.99 Å². The molecule has 32 heavy (non-hydrogen) atoms. The molecule has 0 saturated carbocycles. The van der Waals surface area contributed by atoms with Crippen molar-refractivity contribution in [3.05, 3.63) is 54.1 Å². The topological polar surface area (TPSA) is 67.4 Å². The van der Waals surface area contributed by atoms with Gasteiger partial charge in [-0.25, -0.2) is 0 Å². The van der Waals surface area contributed by atoms with Crippen LogP contribution in [0.3, 0.4) is 0 Å². The molecule has 2 aromatic rings. The highest BCUT2D eigenvalue weighted by Gasteiger charge is 2.26. The minimum Gasteiger partial charge on any atom is -0.492 e. The van der Waals surface area contributed by atoms with Gasteiger partial charge in [0.1, 0.15) is 12.4 Å². The molecule has 4 rings (SSSR count). The van der Waals surface area contributed by atoms with Crippen LogP contribution in [0.5, 0.6) is 17.2 Å². The van der Waals surface area contributed by atoms with E-state index in [1.807, 2.05) is 25.2 Å². The number of benzene rings is 2. The van der Waals surface area contributed by atoms with Gasteiger partial charge in [-0.15, -0.1) is 24.0 Å². The third kappa shape index (κ3) is 6.65. The Bertz CT molecular complexity index is 881. The zero-order chi connectivity index (χ0) is 21.5. The number of rotatable bonds is 7. The van der Waals surface area contributed by atoms with E-state index in [-0.39, 0.29) is 30.8 Å². The van der Waals surface area contributed by atoms with Crippen molar-refractivity contribution >= 4 is 29.9 Å². The molecule has 2 unspecified atom stereocenters. The average Bonchev–Trinajstić information content (AvgIpc) is 3.26. The lowest BCUT2D eigenvalue weighted by atomic mass is 9.97. The largest absolute Gasteiger partial charge is 0.492 e. The van der Waals surface area contributed by atoms with E-state index < -0.39 is 0 Å². The third-order valence-electron chi connectivity index (χ3n) is 5.81. The molecule has 7 nitrogen and oxygen atoms in total. The van der Waals surface area contributed by atoms with Crippen LogP contribution in [0.2, 0.25) is 0 Å². The smallest absolute Gasteiger partial charge is 0.231 e. The summed E-state index contributed by atoms with van der Waals surface area (Å²) in [6.07, 6.45) is 2.20. The molecule has 0 spiro atoms. The summed E-state index contributed by atoms with van der Waals surface area (Å²) < 4.78 is 16.5. The summed E-state index contributed by atoms with van der Waals surface area (Å²) in [5.74, 6) is 3.09. The van der Waals surface area contributed by atoms with Gasteiger partial charge in [0.15, 0.2) is 17.5 Å². The van der Waals surface area contributed by atoms with E-state index >= 15 is 0 Å². The Hall–Kier alpha value is -2.20. The van der Waals surface area contributed by atoms with Gasteiger partial charge in [-0.3, -0.25) is 9.89 Å². The number of piperidine rings is 1. The Morgan fingerprint density at radius 1 is 1.16 bits per heavy atom. The highest BCUT2D eigenvalue weighted by molar-refractivity contribution is 14.0. The summed E-state index contributed by atoms with van der Waals surface area (Å²) in [4.78, 5) is 6.93. The fourth-order valence-electron chi connectivity index (χ4n) is 4.10. The standard InChI is InChI=1S/C24H32N4O3.HI/c1-18-14-20(10-12-28(18)16-19-6-4-3-5-7-19)27-24(25-2)26-11-13-29-21-8-9-22-23(15-21)31-17-30-22;/h3-9,15,18,20H,10-14,16-17H2,1-2H3,(H2,25,26,27);1H. The van der Waals surface area contributed by atoms with Crippen LogP contribution < -0.4 is 24.8 Å². The van der Waals surface area contributed by atoms with Gasteiger partial charge < -0.3 is 24.8 Å². The van der Waals surface area contributed by atoms with Gasteiger partial charge >= 0.3 is 0 Å². The second-order valence-corrected chi connectivity index (χ2v) is 8.03. The molecular weight excluding hydrogens is 519 g/mol. The maximum Gasteiger partial charge on any atom is 0.231 e. The molecule has 2 aliphatic rings. The molecule has 174 valence electrons. The highest BCUT2D eigenvalue weighted by Crippen LogP contribution is 2.35. The highest BCUT2D eigenvalue weighted by atomic mass is 127. The summed E-state index contributed by atoms with van der Waals surface area (Å²) in [6.45, 7) is 5.87. The normalized spacial score (nSPS) is 20.4. The summed E-state index contributed by atoms with van der Waals surface area (Å²) in [5.41, 5.74) is 1.38. The monoisotopic (exact) mass is 552 g/mol. The number of hydrogen-bond donors (Lipinski definition) is 2. The molecule has 2 heterocycles. The van der Waals surface area contributed by atoms with Gasteiger partial charge in [0.25, 0.3) is 0 Å². The predicted octanol–water partition coefficient (Wildman–Crippen LogP) is 3.63. The minimum atomic E-state index is 0. The number of nitrogens with one attached hydrogen (secondary N) is 2. The Morgan fingerprint density at radius 2 is 1.97 bits per heavy atom.